The molecule has 1 aromatic heterocycles. The second-order valence-electron chi connectivity index (χ2n) is 3.87. The van der Waals surface area contributed by atoms with Gasteiger partial charge in [-0.2, -0.15) is 0 Å². The zero-order valence-corrected chi connectivity index (χ0v) is 12.8. The number of hydrogen-bond acceptors (Lipinski definition) is 5. The number of esters is 1. The lowest BCUT2D eigenvalue weighted by atomic mass is 10.3. The maximum Gasteiger partial charge on any atom is 0.363 e. The van der Waals surface area contributed by atoms with Gasteiger partial charge in [-0.15, -0.1) is 0 Å². The summed E-state index contributed by atoms with van der Waals surface area (Å²) in [7, 11) is -1.99. The van der Waals surface area contributed by atoms with Gasteiger partial charge in [0, 0.05) is 25.6 Å². The Morgan fingerprint density at radius 3 is 2.26 bits per heavy atom. The van der Waals surface area contributed by atoms with Gasteiger partial charge in [0.25, 0.3) is 0 Å². The Morgan fingerprint density at radius 2 is 1.79 bits per heavy atom. The Hall–Kier alpha value is -1.24. The molecule has 0 N–H and O–H groups in total. The van der Waals surface area contributed by atoms with Crippen LogP contribution in [0.25, 0.3) is 0 Å². The second kappa shape index (κ2) is 8.79. The number of rotatable bonds is 8. The fraction of sp³-hybridized carbons (Fsp3) is 0.538. The summed E-state index contributed by atoms with van der Waals surface area (Å²) in [6.07, 6.45) is 3.82. The third kappa shape index (κ3) is 5.10. The molecule has 5 nitrogen and oxygen atoms in total. The third-order valence-electron chi connectivity index (χ3n) is 2.54. The van der Waals surface area contributed by atoms with E-state index in [0.29, 0.717) is 25.2 Å². The van der Waals surface area contributed by atoms with Gasteiger partial charge >= 0.3 is 15.3 Å². The van der Waals surface area contributed by atoms with Gasteiger partial charge in [-0.1, -0.05) is 6.92 Å². The zero-order chi connectivity index (χ0) is 14.1. The van der Waals surface area contributed by atoms with E-state index in [1.165, 1.54) is 0 Å². The van der Waals surface area contributed by atoms with E-state index < -0.39 is 9.28 Å². The van der Waals surface area contributed by atoms with E-state index in [2.05, 4.69) is 4.98 Å². The smallest absolute Gasteiger partial charge is 0.363 e. The van der Waals surface area contributed by atoms with Crippen LogP contribution in [0.3, 0.4) is 0 Å². The average molecular weight is 283 g/mol. The first-order valence-corrected chi connectivity index (χ1v) is 8.18. The maximum atomic E-state index is 12.0. The summed E-state index contributed by atoms with van der Waals surface area (Å²) in [5.74, 6) is -0.355. The molecule has 0 saturated carbocycles. The molecule has 0 spiro atoms. The molecule has 0 bridgehead atoms. The summed E-state index contributed by atoms with van der Waals surface area (Å²) in [6.45, 7) is 6.93. The molecule has 19 heavy (non-hydrogen) atoms. The van der Waals surface area contributed by atoms with Gasteiger partial charge in [0.2, 0.25) is 0 Å². The van der Waals surface area contributed by atoms with Crippen molar-refractivity contribution in [2.24, 2.45) is 0 Å². The fourth-order valence-electron chi connectivity index (χ4n) is 1.62. The normalized spacial score (nSPS) is 12.4. The van der Waals surface area contributed by atoms with Gasteiger partial charge in [0.15, 0.2) is 0 Å². The van der Waals surface area contributed by atoms with E-state index in [0.717, 1.165) is 0 Å². The summed E-state index contributed by atoms with van der Waals surface area (Å²) in [4.78, 5) is 15.9. The Bertz CT molecular complexity index is 368. The van der Waals surface area contributed by atoms with Crippen molar-refractivity contribution in [3.63, 3.8) is 0 Å². The van der Waals surface area contributed by atoms with Crippen LogP contribution < -0.4 is 0 Å². The van der Waals surface area contributed by atoms with Gasteiger partial charge in [0.05, 0.1) is 5.56 Å². The van der Waals surface area contributed by atoms with E-state index in [1.54, 1.807) is 24.5 Å². The van der Waals surface area contributed by atoms with Gasteiger partial charge < -0.3 is 13.6 Å². The molecule has 0 aliphatic rings. The standard InChI is InChI=1S/C13H21NO4Si/c1-4-12(19(16-5-2)17-6-3)18-13(15)11-7-9-14-10-8-11/h7-10,12,19H,4-6H2,1-3H3. The lowest BCUT2D eigenvalue weighted by molar-refractivity contribution is 0.0333. The number of carbonyl (C=O) groups excluding carboxylic acids is 1. The van der Waals surface area contributed by atoms with Crippen LogP contribution in [0.1, 0.15) is 37.6 Å². The Labute approximate surface area is 115 Å². The van der Waals surface area contributed by atoms with Crippen molar-refractivity contribution in [3.05, 3.63) is 30.1 Å². The Kier molecular flexibility index (Phi) is 7.31. The van der Waals surface area contributed by atoms with Crippen molar-refractivity contribution >= 4 is 15.3 Å². The lowest BCUT2D eigenvalue weighted by Gasteiger charge is -2.23. The van der Waals surface area contributed by atoms with E-state index in [9.17, 15) is 4.79 Å². The molecule has 0 fully saturated rings. The highest BCUT2D eigenvalue weighted by Crippen LogP contribution is 2.10. The summed E-state index contributed by atoms with van der Waals surface area (Å²) in [6, 6.07) is 3.26. The van der Waals surface area contributed by atoms with E-state index in [1.807, 2.05) is 20.8 Å². The van der Waals surface area contributed by atoms with Crippen LogP contribution >= 0.6 is 0 Å². The number of pyridine rings is 1. The van der Waals surface area contributed by atoms with Crippen LogP contribution in [0.15, 0.2) is 24.5 Å². The summed E-state index contributed by atoms with van der Waals surface area (Å²) >= 11 is 0. The highest BCUT2D eigenvalue weighted by atomic mass is 28.3. The molecule has 1 heterocycles. The number of nitrogens with zero attached hydrogens (tertiary/aromatic N) is 1. The van der Waals surface area contributed by atoms with Gasteiger partial charge in [-0.3, -0.25) is 4.98 Å². The highest BCUT2D eigenvalue weighted by Gasteiger charge is 2.28. The molecular weight excluding hydrogens is 262 g/mol. The molecule has 106 valence electrons. The zero-order valence-electron chi connectivity index (χ0n) is 11.7. The molecule has 0 saturated heterocycles. The largest absolute Gasteiger partial charge is 0.457 e. The highest BCUT2D eigenvalue weighted by molar-refractivity contribution is 6.46. The van der Waals surface area contributed by atoms with Crippen LogP contribution in [-0.4, -0.2) is 39.2 Å². The molecule has 0 amide bonds. The van der Waals surface area contributed by atoms with Crippen LogP contribution in [-0.2, 0) is 13.6 Å². The molecule has 0 aromatic carbocycles. The lowest BCUT2D eigenvalue weighted by Crippen LogP contribution is -2.40. The van der Waals surface area contributed by atoms with Gasteiger partial charge in [-0.05, 0) is 32.4 Å². The minimum absolute atomic E-state index is 0.277. The predicted octanol–water partition coefficient (Wildman–Crippen LogP) is 1.85. The monoisotopic (exact) mass is 283 g/mol. The van der Waals surface area contributed by atoms with Crippen molar-refractivity contribution in [1.29, 1.82) is 0 Å². The van der Waals surface area contributed by atoms with E-state index in [4.69, 9.17) is 13.6 Å². The first kappa shape index (κ1) is 15.8. The van der Waals surface area contributed by atoms with Crippen molar-refractivity contribution in [1.82, 2.24) is 4.98 Å². The van der Waals surface area contributed by atoms with Crippen LogP contribution in [0.4, 0.5) is 0 Å². The first-order chi connectivity index (χ1) is 9.22. The summed E-state index contributed by atoms with van der Waals surface area (Å²) in [5.41, 5.74) is 0.217. The number of ether oxygens (including phenoxy) is 1. The number of aromatic nitrogens is 1. The average Bonchev–Trinajstić information content (AvgIpc) is 2.45. The third-order valence-corrected chi connectivity index (χ3v) is 5.08. The molecule has 1 aromatic rings. The van der Waals surface area contributed by atoms with E-state index in [-0.39, 0.29) is 11.7 Å². The number of hydrogen-bond donors (Lipinski definition) is 0. The quantitative estimate of drug-likeness (QED) is 0.538. The number of carbonyl (C=O) groups is 1. The van der Waals surface area contributed by atoms with Crippen molar-refractivity contribution < 1.29 is 18.4 Å². The SMILES string of the molecule is CCO[SiH](OCC)C(CC)OC(=O)c1ccncc1. The summed E-state index contributed by atoms with van der Waals surface area (Å²) in [5, 5.41) is 0. The van der Waals surface area contributed by atoms with Crippen LogP contribution in [0, 0.1) is 0 Å². The van der Waals surface area contributed by atoms with Crippen molar-refractivity contribution in [2.75, 3.05) is 13.2 Å². The molecule has 1 unspecified atom stereocenters. The molecular formula is C13H21NO4Si. The Balaban J connectivity index is 2.66. The van der Waals surface area contributed by atoms with Gasteiger partial charge in [-0.25, -0.2) is 4.79 Å². The fourth-order valence-corrected chi connectivity index (χ4v) is 3.42. The van der Waals surface area contributed by atoms with Crippen molar-refractivity contribution in [3.8, 4) is 0 Å². The van der Waals surface area contributed by atoms with Gasteiger partial charge in [0.1, 0.15) is 5.73 Å². The molecule has 1 atom stereocenters. The Morgan fingerprint density at radius 1 is 1.21 bits per heavy atom. The van der Waals surface area contributed by atoms with E-state index >= 15 is 0 Å². The first-order valence-electron chi connectivity index (χ1n) is 6.57. The molecule has 0 aliphatic heterocycles. The molecule has 0 radical (unpaired) electrons. The minimum atomic E-state index is -1.99. The predicted molar refractivity (Wildman–Crippen MR) is 74.1 cm³/mol. The maximum absolute atomic E-state index is 12.0. The second-order valence-corrected chi connectivity index (χ2v) is 6.01. The molecule has 1 rings (SSSR count). The van der Waals surface area contributed by atoms with Crippen molar-refractivity contribution in [2.45, 2.75) is 32.9 Å². The topological polar surface area (TPSA) is 57.7 Å². The molecule has 0 aliphatic carbocycles. The molecule has 6 heteroatoms. The minimum Gasteiger partial charge on any atom is -0.457 e. The summed E-state index contributed by atoms with van der Waals surface area (Å²) < 4.78 is 16.7. The van der Waals surface area contributed by atoms with Crippen LogP contribution in [0.5, 0.6) is 0 Å². The van der Waals surface area contributed by atoms with Crippen LogP contribution in [0.2, 0.25) is 0 Å².